The van der Waals surface area contributed by atoms with E-state index in [2.05, 4.69) is 19.1 Å². The van der Waals surface area contributed by atoms with Crippen LogP contribution >= 0.6 is 0 Å². The van der Waals surface area contributed by atoms with E-state index in [0.29, 0.717) is 11.1 Å². The number of fused-ring (bicyclic) bond motifs is 1. The Bertz CT molecular complexity index is 767. The van der Waals surface area contributed by atoms with Gasteiger partial charge in [-0.1, -0.05) is 49.4 Å². The summed E-state index contributed by atoms with van der Waals surface area (Å²) in [6, 6.07) is 17.5. The van der Waals surface area contributed by atoms with Crippen LogP contribution in [0.4, 0.5) is 0 Å². The summed E-state index contributed by atoms with van der Waals surface area (Å²) in [5, 5.41) is 1.53. The first-order valence-electron chi connectivity index (χ1n) is 6.40. The van der Waals surface area contributed by atoms with E-state index in [1.165, 1.54) is 5.56 Å². The molecule has 2 heteroatoms. The maximum Gasteiger partial charge on any atom is 0.344 e. The van der Waals surface area contributed by atoms with Gasteiger partial charge in [0.2, 0.25) is 0 Å². The van der Waals surface area contributed by atoms with Gasteiger partial charge in [-0.3, -0.25) is 0 Å². The quantitative estimate of drug-likeness (QED) is 0.687. The minimum Gasteiger partial charge on any atom is -0.422 e. The highest BCUT2D eigenvalue weighted by Gasteiger charge is 2.05. The average Bonchev–Trinajstić information content (AvgIpc) is 2.47. The summed E-state index contributed by atoms with van der Waals surface area (Å²) in [7, 11) is 0. The smallest absolute Gasteiger partial charge is 0.344 e. The molecule has 0 fully saturated rings. The van der Waals surface area contributed by atoms with Gasteiger partial charge in [-0.2, -0.15) is 0 Å². The van der Waals surface area contributed by atoms with Crippen LogP contribution in [0.25, 0.3) is 22.1 Å². The highest BCUT2D eigenvalue weighted by atomic mass is 16.4. The van der Waals surface area contributed by atoms with E-state index in [-0.39, 0.29) is 5.63 Å². The van der Waals surface area contributed by atoms with Crippen molar-refractivity contribution in [1.29, 1.82) is 0 Å². The standard InChI is InChI=1S/C17H14O2/c1-2-12-7-9-13(10-8-12)16-11-14-5-3-4-6-15(14)17(18)19-16/h3-11H,2H2,1H3. The molecule has 0 amide bonds. The highest BCUT2D eigenvalue weighted by molar-refractivity contribution is 5.83. The summed E-state index contributed by atoms with van der Waals surface area (Å²) < 4.78 is 5.39. The van der Waals surface area contributed by atoms with Gasteiger partial charge in [0.05, 0.1) is 5.39 Å². The van der Waals surface area contributed by atoms with Crippen LogP contribution in [0.1, 0.15) is 12.5 Å². The molecule has 0 bridgehead atoms. The first-order valence-corrected chi connectivity index (χ1v) is 6.40. The molecule has 1 heterocycles. The van der Waals surface area contributed by atoms with E-state index in [1.807, 2.05) is 36.4 Å². The molecule has 0 aliphatic heterocycles. The molecule has 94 valence electrons. The van der Waals surface area contributed by atoms with Gasteiger partial charge in [0.25, 0.3) is 0 Å². The second kappa shape index (κ2) is 4.73. The molecule has 0 spiro atoms. The summed E-state index contributed by atoms with van der Waals surface area (Å²) in [6.45, 7) is 2.12. The normalized spacial score (nSPS) is 10.8. The van der Waals surface area contributed by atoms with Crippen molar-refractivity contribution in [2.45, 2.75) is 13.3 Å². The minimum absolute atomic E-state index is 0.285. The number of aryl methyl sites for hydroxylation is 1. The predicted octanol–water partition coefficient (Wildman–Crippen LogP) is 4.02. The van der Waals surface area contributed by atoms with Crippen LogP contribution in [0.15, 0.2) is 63.8 Å². The van der Waals surface area contributed by atoms with Crippen molar-refractivity contribution in [2.75, 3.05) is 0 Å². The Kier molecular flexibility index (Phi) is 2.92. The zero-order chi connectivity index (χ0) is 13.2. The largest absolute Gasteiger partial charge is 0.422 e. The molecule has 1 aromatic heterocycles. The third-order valence-corrected chi connectivity index (χ3v) is 3.32. The molecule has 2 nitrogen and oxygen atoms in total. The molecule has 0 atom stereocenters. The summed E-state index contributed by atoms with van der Waals surface area (Å²) in [5.74, 6) is 0.617. The van der Waals surface area contributed by atoms with Crippen molar-refractivity contribution < 1.29 is 4.42 Å². The van der Waals surface area contributed by atoms with E-state index in [0.717, 1.165) is 17.4 Å². The molecule has 0 N–H and O–H groups in total. The average molecular weight is 250 g/mol. The maximum absolute atomic E-state index is 11.9. The van der Waals surface area contributed by atoms with E-state index in [9.17, 15) is 4.79 Å². The maximum atomic E-state index is 11.9. The lowest BCUT2D eigenvalue weighted by Gasteiger charge is -2.03. The van der Waals surface area contributed by atoms with Crippen molar-refractivity contribution in [2.24, 2.45) is 0 Å². The Labute approximate surface area is 111 Å². The number of benzene rings is 2. The van der Waals surface area contributed by atoms with Gasteiger partial charge in [0.1, 0.15) is 5.76 Å². The SMILES string of the molecule is CCc1ccc(-c2cc3ccccc3c(=O)o2)cc1. The lowest BCUT2D eigenvalue weighted by molar-refractivity contribution is 0.534. The predicted molar refractivity (Wildman–Crippen MR) is 77.3 cm³/mol. The van der Waals surface area contributed by atoms with Crippen molar-refractivity contribution in [1.82, 2.24) is 0 Å². The Hall–Kier alpha value is -2.35. The molecule has 0 aliphatic carbocycles. The van der Waals surface area contributed by atoms with Crippen molar-refractivity contribution in [3.63, 3.8) is 0 Å². The zero-order valence-electron chi connectivity index (χ0n) is 10.7. The second-order valence-electron chi connectivity index (χ2n) is 4.54. The van der Waals surface area contributed by atoms with E-state index >= 15 is 0 Å². The van der Waals surface area contributed by atoms with Crippen molar-refractivity contribution in [3.05, 3.63) is 70.6 Å². The lowest BCUT2D eigenvalue weighted by atomic mass is 10.1. The monoisotopic (exact) mass is 250 g/mol. The molecular formula is C17H14O2. The summed E-state index contributed by atoms with van der Waals surface area (Å²) in [4.78, 5) is 11.9. The topological polar surface area (TPSA) is 30.2 Å². The molecular weight excluding hydrogens is 236 g/mol. The van der Waals surface area contributed by atoms with Crippen molar-refractivity contribution in [3.8, 4) is 11.3 Å². The van der Waals surface area contributed by atoms with Gasteiger partial charge in [-0.25, -0.2) is 4.79 Å². The van der Waals surface area contributed by atoms with E-state index in [1.54, 1.807) is 6.07 Å². The van der Waals surface area contributed by atoms with Gasteiger partial charge in [0.15, 0.2) is 0 Å². The number of hydrogen-bond acceptors (Lipinski definition) is 2. The fourth-order valence-electron chi connectivity index (χ4n) is 2.18. The van der Waals surface area contributed by atoms with Crippen LogP contribution in [-0.2, 0) is 6.42 Å². The molecule has 3 aromatic rings. The van der Waals surface area contributed by atoms with Gasteiger partial charge in [0, 0.05) is 5.56 Å². The van der Waals surface area contributed by atoms with E-state index in [4.69, 9.17) is 4.42 Å². The number of hydrogen-bond donors (Lipinski definition) is 0. The van der Waals surface area contributed by atoms with E-state index < -0.39 is 0 Å². The third kappa shape index (κ3) is 2.17. The lowest BCUT2D eigenvalue weighted by Crippen LogP contribution is -1.99. The Morgan fingerprint density at radius 2 is 1.74 bits per heavy atom. The molecule has 3 rings (SSSR count). The molecule has 0 unspecified atom stereocenters. The van der Waals surface area contributed by atoms with Gasteiger partial charge >= 0.3 is 5.63 Å². The summed E-state index contributed by atoms with van der Waals surface area (Å²) in [6.07, 6.45) is 1.00. The zero-order valence-corrected chi connectivity index (χ0v) is 10.7. The Morgan fingerprint density at radius 3 is 2.47 bits per heavy atom. The highest BCUT2D eigenvalue weighted by Crippen LogP contribution is 2.22. The molecule has 2 aromatic carbocycles. The van der Waals surface area contributed by atoms with Crippen LogP contribution in [0.2, 0.25) is 0 Å². The van der Waals surface area contributed by atoms with Crippen LogP contribution in [0.3, 0.4) is 0 Å². The van der Waals surface area contributed by atoms with Crippen LogP contribution in [-0.4, -0.2) is 0 Å². The van der Waals surface area contributed by atoms with Crippen LogP contribution in [0.5, 0.6) is 0 Å². The summed E-state index contributed by atoms with van der Waals surface area (Å²) >= 11 is 0. The first-order chi connectivity index (χ1) is 9.28. The molecule has 19 heavy (non-hydrogen) atoms. The van der Waals surface area contributed by atoms with Gasteiger partial charge in [-0.05, 0) is 29.5 Å². The van der Waals surface area contributed by atoms with Gasteiger partial charge in [-0.15, -0.1) is 0 Å². The fourth-order valence-corrected chi connectivity index (χ4v) is 2.18. The molecule has 0 radical (unpaired) electrons. The minimum atomic E-state index is -0.285. The fraction of sp³-hybridized carbons (Fsp3) is 0.118. The molecule has 0 aliphatic rings. The van der Waals surface area contributed by atoms with Gasteiger partial charge < -0.3 is 4.42 Å². The first kappa shape index (κ1) is 11.7. The van der Waals surface area contributed by atoms with Crippen LogP contribution < -0.4 is 5.63 Å². The third-order valence-electron chi connectivity index (χ3n) is 3.32. The van der Waals surface area contributed by atoms with Crippen molar-refractivity contribution >= 4 is 10.8 Å². The Morgan fingerprint density at radius 1 is 1.00 bits per heavy atom. The van der Waals surface area contributed by atoms with Crippen LogP contribution in [0, 0.1) is 0 Å². The summed E-state index contributed by atoms with van der Waals surface area (Å²) in [5.41, 5.74) is 1.92. The number of rotatable bonds is 2. The molecule has 0 saturated heterocycles. The molecule has 0 saturated carbocycles. The Balaban J connectivity index is 2.16. The second-order valence-corrected chi connectivity index (χ2v) is 4.54.